The third-order valence-corrected chi connectivity index (χ3v) is 4.75. The second kappa shape index (κ2) is 7.95. The quantitative estimate of drug-likeness (QED) is 0.815. The number of rotatable bonds is 5. The van der Waals surface area contributed by atoms with Crippen molar-refractivity contribution in [2.24, 2.45) is 0 Å². The number of nitrogens with zero attached hydrogens (tertiary/aromatic N) is 2. The van der Waals surface area contributed by atoms with Gasteiger partial charge in [-0.1, -0.05) is 6.42 Å². The largest absolute Gasteiger partial charge is 0.490 e. The van der Waals surface area contributed by atoms with E-state index >= 15 is 0 Å². The molecule has 1 aromatic rings. The Labute approximate surface area is 137 Å². The lowest BCUT2D eigenvalue weighted by Crippen LogP contribution is -2.49. The summed E-state index contributed by atoms with van der Waals surface area (Å²) < 4.78 is 16.0. The number of morpholine rings is 1. The minimum atomic E-state index is -0.115. The Morgan fingerprint density at radius 1 is 1.26 bits per heavy atom. The van der Waals surface area contributed by atoms with Crippen molar-refractivity contribution >= 4 is 0 Å². The minimum Gasteiger partial charge on any atom is -0.490 e. The molecular weight excluding hydrogens is 296 g/mol. The molecule has 1 atom stereocenters. The molecule has 0 radical (unpaired) electrons. The summed E-state index contributed by atoms with van der Waals surface area (Å²) in [5.74, 6) is 0.974. The molecule has 23 heavy (non-hydrogen) atoms. The maximum atomic E-state index is 11.9. The summed E-state index contributed by atoms with van der Waals surface area (Å²) in [6.45, 7) is 6.52. The lowest BCUT2D eigenvalue weighted by Gasteiger charge is -2.39. The van der Waals surface area contributed by atoms with Gasteiger partial charge in [0.2, 0.25) is 11.2 Å². The van der Waals surface area contributed by atoms with Gasteiger partial charge >= 0.3 is 0 Å². The molecule has 0 bridgehead atoms. The molecule has 6 heteroatoms. The third-order valence-electron chi connectivity index (χ3n) is 4.75. The first kappa shape index (κ1) is 16.5. The van der Waals surface area contributed by atoms with E-state index in [4.69, 9.17) is 13.9 Å². The van der Waals surface area contributed by atoms with E-state index in [2.05, 4.69) is 9.80 Å². The molecule has 2 saturated heterocycles. The molecule has 6 nitrogen and oxygen atoms in total. The maximum Gasteiger partial charge on any atom is 0.227 e. The Morgan fingerprint density at radius 3 is 2.83 bits per heavy atom. The van der Waals surface area contributed by atoms with Crippen LogP contribution in [0.3, 0.4) is 0 Å². The first-order valence-corrected chi connectivity index (χ1v) is 8.46. The molecule has 0 aromatic carbocycles. The van der Waals surface area contributed by atoms with Gasteiger partial charge in [0.1, 0.15) is 12.0 Å². The van der Waals surface area contributed by atoms with Crippen molar-refractivity contribution in [3.8, 4) is 5.75 Å². The topological polar surface area (TPSA) is 55.1 Å². The van der Waals surface area contributed by atoms with Gasteiger partial charge in [-0.05, 0) is 19.4 Å². The molecule has 3 heterocycles. The van der Waals surface area contributed by atoms with Gasteiger partial charge in [0, 0.05) is 31.7 Å². The Kier molecular flexibility index (Phi) is 5.70. The molecule has 128 valence electrons. The normalized spacial score (nSPS) is 23.8. The average molecular weight is 322 g/mol. The van der Waals surface area contributed by atoms with E-state index in [0.717, 1.165) is 39.4 Å². The van der Waals surface area contributed by atoms with E-state index < -0.39 is 0 Å². The first-order valence-electron chi connectivity index (χ1n) is 8.46. The zero-order chi connectivity index (χ0) is 16.1. The number of ether oxygens (including phenoxy) is 2. The van der Waals surface area contributed by atoms with Crippen LogP contribution in [-0.4, -0.2) is 62.3 Å². The van der Waals surface area contributed by atoms with Crippen LogP contribution in [0.1, 0.15) is 25.0 Å². The van der Waals surface area contributed by atoms with Gasteiger partial charge in [-0.3, -0.25) is 14.6 Å². The van der Waals surface area contributed by atoms with Crippen molar-refractivity contribution < 1.29 is 13.9 Å². The van der Waals surface area contributed by atoms with Gasteiger partial charge in [0.25, 0.3) is 0 Å². The fourth-order valence-corrected chi connectivity index (χ4v) is 3.43. The minimum absolute atomic E-state index is 0.115. The molecule has 0 amide bonds. The monoisotopic (exact) mass is 322 g/mol. The summed E-state index contributed by atoms with van der Waals surface area (Å²) in [6.07, 6.45) is 5.11. The van der Waals surface area contributed by atoms with Crippen molar-refractivity contribution in [2.45, 2.75) is 31.8 Å². The molecule has 1 aromatic heterocycles. The molecule has 2 fully saturated rings. The van der Waals surface area contributed by atoms with E-state index in [1.54, 1.807) is 6.07 Å². The van der Waals surface area contributed by atoms with Crippen molar-refractivity contribution in [3.05, 3.63) is 28.3 Å². The number of methoxy groups -OCH3 is 1. The summed E-state index contributed by atoms with van der Waals surface area (Å²) in [6, 6.07) is 2.08. The molecule has 0 aliphatic carbocycles. The molecule has 0 saturated carbocycles. The van der Waals surface area contributed by atoms with E-state index in [1.165, 1.54) is 32.6 Å². The Balaban J connectivity index is 1.63. The fourth-order valence-electron chi connectivity index (χ4n) is 3.43. The number of hydrogen-bond donors (Lipinski definition) is 0. The van der Waals surface area contributed by atoms with Crippen LogP contribution in [0.25, 0.3) is 0 Å². The van der Waals surface area contributed by atoms with Crippen LogP contribution < -0.4 is 10.2 Å². The lowest BCUT2D eigenvalue weighted by molar-refractivity contribution is 0.0141. The molecule has 2 aliphatic heterocycles. The maximum absolute atomic E-state index is 11.9. The summed E-state index contributed by atoms with van der Waals surface area (Å²) in [7, 11) is 1.48. The second-order valence-corrected chi connectivity index (χ2v) is 6.31. The second-order valence-electron chi connectivity index (χ2n) is 6.31. The highest BCUT2D eigenvalue weighted by molar-refractivity contribution is 5.17. The van der Waals surface area contributed by atoms with Crippen LogP contribution in [-0.2, 0) is 11.3 Å². The number of piperidine rings is 1. The SMILES string of the molecule is COc1coc(CN2CCCC[C@@H]2CN2CCOCC2)cc1=O. The van der Waals surface area contributed by atoms with Crippen LogP contribution in [0.2, 0.25) is 0 Å². The van der Waals surface area contributed by atoms with Crippen molar-refractivity contribution in [3.63, 3.8) is 0 Å². The van der Waals surface area contributed by atoms with E-state index in [0.29, 0.717) is 18.3 Å². The Bertz CT molecular complexity index is 554. The molecule has 0 spiro atoms. The van der Waals surface area contributed by atoms with E-state index in [-0.39, 0.29) is 11.2 Å². The van der Waals surface area contributed by atoms with Gasteiger partial charge < -0.3 is 13.9 Å². The van der Waals surface area contributed by atoms with Crippen molar-refractivity contribution in [1.82, 2.24) is 9.80 Å². The molecule has 0 unspecified atom stereocenters. The molecule has 2 aliphatic rings. The highest BCUT2D eigenvalue weighted by Crippen LogP contribution is 2.21. The Morgan fingerprint density at radius 2 is 2.09 bits per heavy atom. The number of likely N-dealkylation sites (tertiary alicyclic amines) is 1. The highest BCUT2D eigenvalue weighted by Gasteiger charge is 2.26. The average Bonchev–Trinajstić information content (AvgIpc) is 2.58. The van der Waals surface area contributed by atoms with Crippen LogP contribution in [0.15, 0.2) is 21.5 Å². The number of hydrogen-bond acceptors (Lipinski definition) is 6. The van der Waals surface area contributed by atoms with Crippen molar-refractivity contribution in [2.75, 3.05) is 46.5 Å². The van der Waals surface area contributed by atoms with Gasteiger partial charge in [-0.15, -0.1) is 0 Å². The predicted molar refractivity (Wildman–Crippen MR) is 86.8 cm³/mol. The molecular formula is C17H26N2O4. The summed E-state index contributed by atoms with van der Waals surface area (Å²) in [4.78, 5) is 16.8. The smallest absolute Gasteiger partial charge is 0.227 e. The summed E-state index contributed by atoms with van der Waals surface area (Å²) in [5.41, 5.74) is -0.115. The van der Waals surface area contributed by atoms with Crippen LogP contribution in [0.5, 0.6) is 5.75 Å². The highest BCUT2D eigenvalue weighted by atomic mass is 16.5. The summed E-state index contributed by atoms with van der Waals surface area (Å²) >= 11 is 0. The fraction of sp³-hybridized carbons (Fsp3) is 0.706. The summed E-state index contributed by atoms with van der Waals surface area (Å²) in [5, 5.41) is 0. The van der Waals surface area contributed by atoms with Crippen molar-refractivity contribution in [1.29, 1.82) is 0 Å². The predicted octanol–water partition coefficient (Wildman–Crippen LogP) is 1.34. The molecule has 3 rings (SSSR count). The third kappa shape index (κ3) is 4.34. The Hall–Kier alpha value is -1.37. The zero-order valence-electron chi connectivity index (χ0n) is 13.8. The first-order chi connectivity index (χ1) is 11.3. The van der Waals surface area contributed by atoms with Crippen LogP contribution in [0.4, 0.5) is 0 Å². The van der Waals surface area contributed by atoms with Gasteiger partial charge in [0.05, 0.1) is 26.9 Å². The van der Waals surface area contributed by atoms with E-state index in [1.807, 2.05) is 0 Å². The van der Waals surface area contributed by atoms with E-state index in [9.17, 15) is 4.79 Å². The van der Waals surface area contributed by atoms with Crippen LogP contribution in [0, 0.1) is 0 Å². The zero-order valence-corrected chi connectivity index (χ0v) is 13.8. The van der Waals surface area contributed by atoms with Gasteiger partial charge in [-0.2, -0.15) is 0 Å². The molecule has 0 N–H and O–H groups in total. The standard InChI is InChI=1S/C17H26N2O4/c1-21-17-13-23-15(10-16(17)20)12-19-5-3-2-4-14(19)11-18-6-8-22-9-7-18/h10,13-14H,2-9,11-12H2,1H3/t14-/m1/s1. The van der Waals surface area contributed by atoms with Gasteiger partial charge in [0.15, 0.2) is 0 Å². The lowest BCUT2D eigenvalue weighted by atomic mass is 10.0. The van der Waals surface area contributed by atoms with Crippen LogP contribution >= 0.6 is 0 Å². The van der Waals surface area contributed by atoms with Gasteiger partial charge in [-0.25, -0.2) is 0 Å².